The van der Waals surface area contributed by atoms with E-state index in [1.807, 2.05) is 27.7 Å². The zero-order valence-electron chi connectivity index (χ0n) is 11.2. The molecule has 2 amide bonds. The molecule has 1 aliphatic heterocycles. The van der Waals surface area contributed by atoms with Crippen LogP contribution in [0.25, 0.3) is 0 Å². The number of carbonyl (C=O) groups is 2. The SMILES string of the molecule is CC1C(=O)NC(=O)C(C(C)(C)C)CC1(C)C. The molecule has 1 saturated heterocycles. The summed E-state index contributed by atoms with van der Waals surface area (Å²) in [6.07, 6.45) is 0.759. The number of nitrogens with one attached hydrogen (secondary N) is 1. The molecule has 1 aliphatic rings. The van der Waals surface area contributed by atoms with Crippen molar-refractivity contribution >= 4 is 11.8 Å². The molecule has 0 aromatic heterocycles. The van der Waals surface area contributed by atoms with Crippen LogP contribution < -0.4 is 5.32 Å². The number of amides is 2. The lowest BCUT2D eigenvalue weighted by Crippen LogP contribution is -2.39. The molecule has 2 atom stereocenters. The molecule has 1 N–H and O–H groups in total. The molecule has 0 aliphatic carbocycles. The standard InChI is InChI=1S/C13H23NO2/c1-8-10(15)14-11(16)9(12(2,3)4)7-13(8,5)6/h8-9H,7H2,1-6H3,(H,14,15,16). The molecule has 3 nitrogen and oxygen atoms in total. The molecular weight excluding hydrogens is 202 g/mol. The first-order chi connectivity index (χ1) is 7.05. The van der Waals surface area contributed by atoms with Gasteiger partial charge in [0.1, 0.15) is 0 Å². The van der Waals surface area contributed by atoms with Crippen molar-refractivity contribution < 1.29 is 9.59 Å². The highest BCUT2D eigenvalue weighted by atomic mass is 16.2. The van der Waals surface area contributed by atoms with E-state index in [-0.39, 0.29) is 34.5 Å². The molecule has 92 valence electrons. The average Bonchev–Trinajstić information content (AvgIpc) is 2.16. The van der Waals surface area contributed by atoms with Gasteiger partial charge in [-0.3, -0.25) is 14.9 Å². The van der Waals surface area contributed by atoms with Crippen LogP contribution in [0.4, 0.5) is 0 Å². The fraction of sp³-hybridized carbons (Fsp3) is 0.846. The van der Waals surface area contributed by atoms with E-state index < -0.39 is 0 Å². The van der Waals surface area contributed by atoms with Crippen molar-refractivity contribution in [3.63, 3.8) is 0 Å². The summed E-state index contributed by atoms with van der Waals surface area (Å²) in [5.41, 5.74) is -0.236. The summed E-state index contributed by atoms with van der Waals surface area (Å²) in [5, 5.41) is 2.53. The first kappa shape index (κ1) is 13.2. The van der Waals surface area contributed by atoms with Crippen molar-refractivity contribution in [2.45, 2.75) is 48.0 Å². The van der Waals surface area contributed by atoms with Gasteiger partial charge in [-0.1, -0.05) is 41.5 Å². The Balaban J connectivity index is 3.08. The minimum atomic E-state index is -0.137. The molecule has 3 heteroatoms. The largest absolute Gasteiger partial charge is 0.296 e. The Morgan fingerprint density at radius 1 is 1.19 bits per heavy atom. The van der Waals surface area contributed by atoms with E-state index >= 15 is 0 Å². The van der Waals surface area contributed by atoms with Crippen LogP contribution in [-0.2, 0) is 9.59 Å². The van der Waals surface area contributed by atoms with E-state index in [0.717, 1.165) is 6.42 Å². The molecule has 0 radical (unpaired) electrons. The van der Waals surface area contributed by atoms with Crippen LogP contribution >= 0.6 is 0 Å². The van der Waals surface area contributed by atoms with Crippen molar-refractivity contribution in [3.8, 4) is 0 Å². The number of hydrogen-bond acceptors (Lipinski definition) is 2. The summed E-state index contributed by atoms with van der Waals surface area (Å²) in [6.45, 7) is 12.2. The van der Waals surface area contributed by atoms with Gasteiger partial charge in [0, 0.05) is 11.8 Å². The van der Waals surface area contributed by atoms with Crippen LogP contribution in [0, 0.1) is 22.7 Å². The predicted octanol–water partition coefficient (Wildman–Crippen LogP) is 2.36. The van der Waals surface area contributed by atoms with Gasteiger partial charge in [0.05, 0.1) is 0 Å². The molecule has 0 saturated carbocycles. The third kappa shape index (κ3) is 2.45. The highest BCUT2D eigenvalue weighted by Gasteiger charge is 2.44. The summed E-state index contributed by atoms with van der Waals surface area (Å²) in [4.78, 5) is 23.8. The first-order valence-corrected chi connectivity index (χ1v) is 5.90. The van der Waals surface area contributed by atoms with Crippen LogP contribution in [-0.4, -0.2) is 11.8 Å². The third-order valence-corrected chi connectivity index (χ3v) is 3.90. The Labute approximate surface area is 98.0 Å². The predicted molar refractivity (Wildman–Crippen MR) is 63.7 cm³/mol. The van der Waals surface area contributed by atoms with Gasteiger partial charge >= 0.3 is 0 Å². The molecule has 16 heavy (non-hydrogen) atoms. The summed E-state index contributed by atoms with van der Waals surface area (Å²) in [6, 6.07) is 0. The third-order valence-electron chi connectivity index (χ3n) is 3.90. The number of carbonyl (C=O) groups excluding carboxylic acids is 2. The monoisotopic (exact) mass is 225 g/mol. The quantitative estimate of drug-likeness (QED) is 0.643. The Morgan fingerprint density at radius 3 is 2.12 bits per heavy atom. The molecule has 0 bridgehead atoms. The minimum absolute atomic E-state index is 0.101. The van der Waals surface area contributed by atoms with E-state index in [9.17, 15) is 9.59 Å². The Bertz CT molecular complexity index is 312. The fourth-order valence-corrected chi connectivity index (χ4v) is 2.17. The molecule has 0 spiro atoms. The second-order valence-electron chi connectivity index (χ2n) is 6.69. The number of hydrogen-bond donors (Lipinski definition) is 1. The van der Waals surface area contributed by atoms with E-state index in [1.54, 1.807) is 0 Å². The van der Waals surface area contributed by atoms with Gasteiger partial charge in [0.2, 0.25) is 11.8 Å². The lowest BCUT2D eigenvalue weighted by Gasteiger charge is -2.34. The molecule has 2 unspecified atom stereocenters. The second kappa shape index (κ2) is 3.86. The smallest absolute Gasteiger partial charge is 0.230 e. The Hall–Kier alpha value is -0.860. The molecule has 1 fully saturated rings. The van der Waals surface area contributed by atoms with Gasteiger partial charge in [-0.05, 0) is 17.3 Å². The highest BCUT2D eigenvalue weighted by Crippen LogP contribution is 2.42. The molecular formula is C13H23NO2. The van der Waals surface area contributed by atoms with E-state index in [4.69, 9.17) is 0 Å². The maximum atomic E-state index is 12.0. The summed E-state index contributed by atoms with van der Waals surface area (Å²) < 4.78 is 0. The van der Waals surface area contributed by atoms with Crippen LogP contribution in [0.15, 0.2) is 0 Å². The zero-order valence-corrected chi connectivity index (χ0v) is 11.2. The second-order valence-corrected chi connectivity index (χ2v) is 6.69. The maximum absolute atomic E-state index is 12.0. The normalized spacial score (nSPS) is 30.9. The van der Waals surface area contributed by atoms with Crippen LogP contribution in [0.2, 0.25) is 0 Å². The van der Waals surface area contributed by atoms with Gasteiger partial charge in [-0.15, -0.1) is 0 Å². The van der Waals surface area contributed by atoms with Crippen LogP contribution in [0.1, 0.15) is 48.0 Å². The lowest BCUT2D eigenvalue weighted by atomic mass is 9.68. The minimum Gasteiger partial charge on any atom is -0.296 e. The molecule has 0 aromatic carbocycles. The van der Waals surface area contributed by atoms with Crippen LogP contribution in [0.3, 0.4) is 0 Å². The highest BCUT2D eigenvalue weighted by molar-refractivity contribution is 5.98. The van der Waals surface area contributed by atoms with Gasteiger partial charge in [-0.25, -0.2) is 0 Å². The molecule has 1 heterocycles. The fourth-order valence-electron chi connectivity index (χ4n) is 2.17. The summed E-state index contributed by atoms with van der Waals surface area (Å²) in [7, 11) is 0. The lowest BCUT2D eigenvalue weighted by molar-refractivity contribution is -0.134. The Kier molecular flexibility index (Phi) is 3.19. The van der Waals surface area contributed by atoms with Crippen molar-refractivity contribution in [2.75, 3.05) is 0 Å². The number of imide groups is 1. The molecule has 1 rings (SSSR count). The van der Waals surface area contributed by atoms with Crippen LogP contribution in [0.5, 0.6) is 0 Å². The van der Waals surface area contributed by atoms with E-state index in [0.29, 0.717) is 0 Å². The Morgan fingerprint density at radius 2 is 1.69 bits per heavy atom. The summed E-state index contributed by atoms with van der Waals surface area (Å²) in [5.74, 6) is -0.475. The van der Waals surface area contributed by atoms with Crippen molar-refractivity contribution in [3.05, 3.63) is 0 Å². The van der Waals surface area contributed by atoms with Crippen molar-refractivity contribution in [2.24, 2.45) is 22.7 Å². The number of rotatable bonds is 0. The van der Waals surface area contributed by atoms with Gasteiger partial charge in [-0.2, -0.15) is 0 Å². The summed E-state index contributed by atoms with van der Waals surface area (Å²) >= 11 is 0. The zero-order chi connectivity index (χ0) is 12.7. The van der Waals surface area contributed by atoms with Crippen molar-refractivity contribution in [1.82, 2.24) is 5.32 Å². The first-order valence-electron chi connectivity index (χ1n) is 5.90. The average molecular weight is 225 g/mol. The van der Waals surface area contributed by atoms with E-state index in [2.05, 4.69) is 19.2 Å². The van der Waals surface area contributed by atoms with Gasteiger partial charge in [0.15, 0.2) is 0 Å². The van der Waals surface area contributed by atoms with Gasteiger partial charge in [0.25, 0.3) is 0 Å². The topological polar surface area (TPSA) is 46.2 Å². The maximum Gasteiger partial charge on any atom is 0.230 e. The van der Waals surface area contributed by atoms with Gasteiger partial charge < -0.3 is 0 Å². The molecule has 0 aromatic rings. The van der Waals surface area contributed by atoms with Crippen molar-refractivity contribution in [1.29, 1.82) is 0 Å². The van der Waals surface area contributed by atoms with E-state index in [1.165, 1.54) is 0 Å².